The molecule has 0 saturated heterocycles. The molecule has 0 aliphatic heterocycles. The van der Waals surface area contributed by atoms with Gasteiger partial charge in [0.25, 0.3) is 0 Å². The van der Waals surface area contributed by atoms with Crippen molar-refractivity contribution in [3.8, 4) is 0 Å². The lowest BCUT2D eigenvalue weighted by molar-refractivity contribution is -0.137. The molecule has 1 rings (SSSR count). The lowest BCUT2D eigenvalue weighted by atomic mass is 10.6. The highest BCUT2D eigenvalue weighted by Crippen LogP contribution is 2.22. The van der Waals surface area contributed by atoms with E-state index in [-0.39, 0.29) is 5.97 Å². The van der Waals surface area contributed by atoms with E-state index in [2.05, 4.69) is 10.2 Å². The molecule has 1 heterocycles. The molecule has 1 aromatic heterocycles. The third kappa shape index (κ3) is 3.89. The van der Waals surface area contributed by atoms with Gasteiger partial charge in [-0.05, 0) is 19.3 Å². The first-order valence-electron chi connectivity index (χ1n) is 4.02. The third-order valence-electron chi connectivity index (χ3n) is 1.17. The van der Waals surface area contributed by atoms with E-state index in [0.29, 0.717) is 6.61 Å². The fourth-order valence-corrected chi connectivity index (χ4v) is 2.18. The number of esters is 1. The lowest BCUT2D eigenvalue weighted by Crippen LogP contribution is -1.98. The number of hydrogen-bond donors (Lipinski definition) is 0. The number of rotatable bonds is 4. The van der Waals surface area contributed by atoms with Crippen LogP contribution < -0.4 is 0 Å². The summed E-state index contributed by atoms with van der Waals surface area (Å²) in [5, 5.41) is 10.3. The summed E-state index contributed by atoms with van der Waals surface area (Å²) >= 11 is 2.85. The van der Waals surface area contributed by atoms with Crippen LogP contribution in [0.3, 0.4) is 0 Å². The number of aryl methyl sites for hydroxylation is 1. The molecule has 14 heavy (non-hydrogen) atoms. The summed E-state index contributed by atoms with van der Waals surface area (Å²) in [6.45, 7) is 4.05. The highest BCUT2D eigenvalue weighted by atomic mass is 32.2. The van der Waals surface area contributed by atoms with Crippen molar-refractivity contribution in [3.63, 3.8) is 0 Å². The molecule has 0 N–H and O–H groups in total. The maximum Gasteiger partial charge on any atom is 0.331 e. The standard InChI is InChI=1S/C8H10N2O2S2/c1-3-12-7(11)4-5-13-8-10-9-6(2)14-8/h4-5H,3H2,1-2H3/b5-4-. The Morgan fingerprint density at radius 2 is 2.43 bits per heavy atom. The van der Waals surface area contributed by atoms with Crippen molar-refractivity contribution >= 4 is 29.1 Å². The number of thioether (sulfide) groups is 1. The molecule has 0 aromatic carbocycles. The van der Waals surface area contributed by atoms with Crippen LogP contribution in [0, 0.1) is 6.92 Å². The molecule has 0 saturated carbocycles. The highest BCUT2D eigenvalue weighted by molar-refractivity contribution is 8.03. The fourth-order valence-electron chi connectivity index (χ4n) is 0.664. The van der Waals surface area contributed by atoms with Gasteiger partial charge in [-0.3, -0.25) is 0 Å². The molecule has 0 aliphatic rings. The van der Waals surface area contributed by atoms with Gasteiger partial charge in [0.1, 0.15) is 5.01 Å². The average Bonchev–Trinajstić information content (AvgIpc) is 2.52. The molecular weight excluding hydrogens is 220 g/mol. The van der Waals surface area contributed by atoms with Crippen LogP contribution in [0.4, 0.5) is 0 Å². The van der Waals surface area contributed by atoms with Gasteiger partial charge in [-0.1, -0.05) is 23.1 Å². The second kappa shape index (κ2) is 5.77. The van der Waals surface area contributed by atoms with E-state index in [0.717, 1.165) is 9.35 Å². The van der Waals surface area contributed by atoms with E-state index in [1.165, 1.54) is 29.2 Å². The van der Waals surface area contributed by atoms with Crippen molar-refractivity contribution < 1.29 is 9.53 Å². The first-order valence-corrected chi connectivity index (χ1v) is 5.72. The van der Waals surface area contributed by atoms with E-state index in [1.54, 1.807) is 12.3 Å². The first-order chi connectivity index (χ1) is 6.72. The Bertz CT molecular complexity index is 336. The summed E-state index contributed by atoms with van der Waals surface area (Å²) in [6, 6.07) is 0. The van der Waals surface area contributed by atoms with Crippen molar-refractivity contribution in [2.24, 2.45) is 0 Å². The van der Waals surface area contributed by atoms with Crippen LogP contribution in [0.25, 0.3) is 0 Å². The monoisotopic (exact) mass is 230 g/mol. The van der Waals surface area contributed by atoms with Crippen LogP contribution >= 0.6 is 23.1 Å². The lowest BCUT2D eigenvalue weighted by Gasteiger charge is -1.93. The van der Waals surface area contributed by atoms with Gasteiger partial charge in [-0.15, -0.1) is 10.2 Å². The number of ether oxygens (including phenoxy) is 1. The molecule has 0 unspecified atom stereocenters. The van der Waals surface area contributed by atoms with Crippen molar-refractivity contribution in [2.45, 2.75) is 18.2 Å². The van der Waals surface area contributed by atoms with Crippen molar-refractivity contribution in [1.29, 1.82) is 0 Å². The molecule has 0 aliphatic carbocycles. The third-order valence-corrected chi connectivity index (χ3v) is 2.89. The Kier molecular flexibility index (Phi) is 4.61. The maximum absolute atomic E-state index is 10.9. The van der Waals surface area contributed by atoms with E-state index >= 15 is 0 Å². The fraction of sp³-hybridized carbons (Fsp3) is 0.375. The minimum absolute atomic E-state index is 0.332. The summed E-state index contributed by atoms with van der Waals surface area (Å²) in [6.07, 6.45) is 1.38. The van der Waals surface area contributed by atoms with Gasteiger partial charge < -0.3 is 4.74 Å². The molecule has 76 valence electrons. The SMILES string of the molecule is CCOC(=O)/C=C\Sc1nnc(C)s1. The highest BCUT2D eigenvalue weighted by Gasteiger charge is 1.98. The number of carbonyl (C=O) groups excluding carboxylic acids is 1. The average molecular weight is 230 g/mol. The largest absolute Gasteiger partial charge is 0.463 e. The Balaban J connectivity index is 2.36. The Morgan fingerprint density at radius 1 is 1.64 bits per heavy atom. The molecule has 0 radical (unpaired) electrons. The van der Waals surface area contributed by atoms with E-state index in [9.17, 15) is 4.79 Å². The predicted molar refractivity (Wildman–Crippen MR) is 56.3 cm³/mol. The number of carbonyl (C=O) groups is 1. The Morgan fingerprint density at radius 3 is 3.00 bits per heavy atom. The molecule has 4 nitrogen and oxygen atoms in total. The predicted octanol–water partition coefficient (Wildman–Crippen LogP) is 2.02. The van der Waals surface area contributed by atoms with Gasteiger partial charge in [0.05, 0.1) is 6.61 Å². The summed E-state index contributed by atoms with van der Waals surface area (Å²) in [5.41, 5.74) is 0. The van der Waals surface area contributed by atoms with Gasteiger partial charge in [0.2, 0.25) is 0 Å². The van der Waals surface area contributed by atoms with Gasteiger partial charge in [-0.25, -0.2) is 4.79 Å². The van der Waals surface area contributed by atoms with Gasteiger partial charge in [-0.2, -0.15) is 0 Å². The molecule has 0 bridgehead atoms. The van der Waals surface area contributed by atoms with Crippen LogP contribution in [0.1, 0.15) is 11.9 Å². The normalized spacial score (nSPS) is 10.7. The van der Waals surface area contributed by atoms with E-state index in [4.69, 9.17) is 4.74 Å². The number of aromatic nitrogens is 2. The number of hydrogen-bond acceptors (Lipinski definition) is 6. The minimum atomic E-state index is -0.332. The smallest absolute Gasteiger partial charge is 0.331 e. The summed E-state index contributed by atoms with van der Waals surface area (Å²) in [5.74, 6) is -0.332. The first kappa shape index (κ1) is 11.2. The van der Waals surface area contributed by atoms with Gasteiger partial charge >= 0.3 is 5.97 Å². The zero-order valence-corrected chi connectivity index (χ0v) is 9.52. The second-order valence-electron chi connectivity index (χ2n) is 2.26. The molecule has 0 fully saturated rings. The summed E-state index contributed by atoms with van der Waals surface area (Å²) in [4.78, 5) is 10.9. The Labute approximate surface area is 90.4 Å². The van der Waals surface area contributed by atoms with E-state index < -0.39 is 0 Å². The molecule has 0 spiro atoms. The molecule has 0 atom stereocenters. The van der Waals surface area contributed by atoms with Crippen LogP contribution in [0.2, 0.25) is 0 Å². The number of nitrogens with zero attached hydrogens (tertiary/aromatic N) is 2. The quantitative estimate of drug-likeness (QED) is 0.450. The van der Waals surface area contributed by atoms with Crippen LogP contribution in [-0.4, -0.2) is 22.8 Å². The molecule has 0 amide bonds. The van der Waals surface area contributed by atoms with E-state index in [1.807, 2.05) is 6.92 Å². The summed E-state index contributed by atoms with van der Waals surface area (Å²) in [7, 11) is 0. The van der Waals surface area contributed by atoms with Crippen LogP contribution in [0.15, 0.2) is 15.8 Å². The van der Waals surface area contributed by atoms with Crippen LogP contribution in [-0.2, 0) is 9.53 Å². The topological polar surface area (TPSA) is 52.1 Å². The van der Waals surface area contributed by atoms with Crippen molar-refractivity contribution in [2.75, 3.05) is 6.61 Å². The van der Waals surface area contributed by atoms with Crippen LogP contribution in [0.5, 0.6) is 0 Å². The molecular formula is C8H10N2O2S2. The molecule has 1 aromatic rings. The minimum Gasteiger partial charge on any atom is -0.463 e. The second-order valence-corrected chi connectivity index (χ2v) is 4.59. The van der Waals surface area contributed by atoms with Gasteiger partial charge in [0.15, 0.2) is 4.34 Å². The zero-order valence-electron chi connectivity index (χ0n) is 7.89. The maximum atomic E-state index is 10.9. The zero-order chi connectivity index (χ0) is 10.4. The Hall–Kier alpha value is -0.880. The van der Waals surface area contributed by atoms with Gasteiger partial charge in [0, 0.05) is 6.08 Å². The summed E-state index contributed by atoms with van der Waals surface area (Å²) < 4.78 is 5.54. The van der Waals surface area contributed by atoms with Crippen molar-refractivity contribution in [1.82, 2.24) is 10.2 Å². The molecule has 6 heteroatoms. The van der Waals surface area contributed by atoms with Crippen molar-refractivity contribution in [3.05, 3.63) is 16.5 Å².